The number of ether oxygens (including phenoxy) is 1. The number of amides is 1. The van der Waals surface area contributed by atoms with Crippen molar-refractivity contribution >= 4 is 17.7 Å². The van der Waals surface area contributed by atoms with E-state index in [9.17, 15) is 27.9 Å². The number of rotatable bonds is 1. The summed E-state index contributed by atoms with van der Waals surface area (Å²) in [6, 6.07) is 11.0. The molecule has 3 aromatic rings. The Morgan fingerprint density at radius 2 is 1.92 bits per heavy atom. The molecule has 1 atom stereocenters. The standard InChI is InChI=1S/C25H20F3N3O4S/c26-25(27,28)17-6-5-14(15-9-13-3-1-2-4-20(13)36-12-16(15)17)18-10-19(32)23(33)22-24(34)30-7-8-35-11-21(30)29-31(18)22/h1-6,10,21,29,33H,7-9,11-12H2/t21-/m0/s1. The number of halogens is 3. The molecule has 7 nitrogen and oxygen atoms in total. The molecular formula is C25H20F3N3O4S. The third-order valence-electron chi connectivity index (χ3n) is 6.78. The molecule has 4 heterocycles. The number of carbonyl (C=O) groups is 1. The molecule has 0 aliphatic carbocycles. The molecule has 1 amide bonds. The predicted octanol–water partition coefficient (Wildman–Crippen LogP) is 3.79. The van der Waals surface area contributed by atoms with Gasteiger partial charge in [0.1, 0.15) is 6.17 Å². The van der Waals surface area contributed by atoms with Crippen LogP contribution in [-0.4, -0.2) is 46.5 Å². The lowest BCUT2D eigenvalue weighted by molar-refractivity contribution is -0.138. The van der Waals surface area contributed by atoms with Crippen molar-refractivity contribution in [3.8, 4) is 17.0 Å². The molecule has 186 valence electrons. The maximum atomic E-state index is 14.0. The highest BCUT2D eigenvalue weighted by atomic mass is 32.2. The topological polar surface area (TPSA) is 83.8 Å². The number of fused-ring (bicyclic) bond motifs is 4. The van der Waals surface area contributed by atoms with E-state index in [1.165, 1.54) is 27.4 Å². The average molecular weight is 516 g/mol. The van der Waals surface area contributed by atoms with Gasteiger partial charge in [0.25, 0.3) is 5.91 Å². The van der Waals surface area contributed by atoms with Crippen molar-refractivity contribution < 1.29 is 27.8 Å². The van der Waals surface area contributed by atoms with E-state index in [1.807, 2.05) is 24.3 Å². The number of aromatic hydroxyl groups is 1. The van der Waals surface area contributed by atoms with Crippen LogP contribution in [0.25, 0.3) is 11.3 Å². The fraction of sp³-hybridized carbons (Fsp3) is 0.280. The summed E-state index contributed by atoms with van der Waals surface area (Å²) in [5.74, 6) is -1.15. The van der Waals surface area contributed by atoms with Crippen molar-refractivity contribution in [3.05, 3.63) is 80.6 Å². The number of morpholine rings is 1. The van der Waals surface area contributed by atoms with Gasteiger partial charge in [-0.05, 0) is 35.2 Å². The lowest BCUT2D eigenvalue weighted by Gasteiger charge is -2.42. The van der Waals surface area contributed by atoms with Gasteiger partial charge in [0.2, 0.25) is 5.43 Å². The van der Waals surface area contributed by atoms with E-state index in [1.54, 1.807) is 0 Å². The summed E-state index contributed by atoms with van der Waals surface area (Å²) >= 11 is 1.33. The van der Waals surface area contributed by atoms with E-state index in [4.69, 9.17) is 4.74 Å². The largest absolute Gasteiger partial charge is 0.502 e. The highest BCUT2D eigenvalue weighted by molar-refractivity contribution is 7.98. The number of benzene rings is 2. The smallest absolute Gasteiger partial charge is 0.416 e. The van der Waals surface area contributed by atoms with Gasteiger partial charge < -0.3 is 20.2 Å². The van der Waals surface area contributed by atoms with Crippen LogP contribution in [0.15, 0.2) is 52.2 Å². The Bertz CT molecular complexity index is 1470. The lowest BCUT2D eigenvalue weighted by Crippen LogP contribution is -2.59. The van der Waals surface area contributed by atoms with Crippen LogP contribution >= 0.6 is 11.8 Å². The lowest BCUT2D eigenvalue weighted by atomic mass is 9.90. The number of nitrogens with one attached hydrogen (secondary N) is 1. The molecular weight excluding hydrogens is 495 g/mol. The van der Waals surface area contributed by atoms with Gasteiger partial charge >= 0.3 is 6.18 Å². The predicted molar refractivity (Wildman–Crippen MR) is 127 cm³/mol. The number of thioether (sulfide) groups is 1. The zero-order chi connectivity index (χ0) is 25.2. The summed E-state index contributed by atoms with van der Waals surface area (Å²) < 4.78 is 48.9. The monoisotopic (exact) mass is 515 g/mol. The van der Waals surface area contributed by atoms with Crippen LogP contribution in [0, 0.1) is 0 Å². The number of hydrogen-bond donors (Lipinski definition) is 2. The molecule has 0 bridgehead atoms. The van der Waals surface area contributed by atoms with Gasteiger partial charge in [0.05, 0.1) is 24.5 Å². The molecule has 0 spiro atoms. The van der Waals surface area contributed by atoms with Crippen LogP contribution in [0.5, 0.6) is 5.75 Å². The van der Waals surface area contributed by atoms with Gasteiger partial charge in [-0.2, -0.15) is 13.2 Å². The van der Waals surface area contributed by atoms with Crippen molar-refractivity contribution in [3.63, 3.8) is 0 Å². The third-order valence-corrected chi connectivity index (χ3v) is 7.93. The molecule has 1 aromatic heterocycles. The number of hydrogen-bond acceptors (Lipinski definition) is 6. The van der Waals surface area contributed by atoms with Gasteiger partial charge in [-0.15, -0.1) is 11.8 Å². The van der Waals surface area contributed by atoms with Crippen LogP contribution in [0.1, 0.15) is 32.7 Å². The maximum Gasteiger partial charge on any atom is 0.416 e. The minimum absolute atomic E-state index is 0.0980. The summed E-state index contributed by atoms with van der Waals surface area (Å²) in [4.78, 5) is 28.4. The molecule has 3 aliphatic heterocycles. The van der Waals surface area contributed by atoms with Gasteiger partial charge in [-0.3, -0.25) is 9.59 Å². The molecule has 11 heteroatoms. The molecule has 1 saturated heterocycles. The van der Waals surface area contributed by atoms with Gasteiger partial charge in [0.15, 0.2) is 11.4 Å². The molecule has 2 N–H and O–H groups in total. The number of carbonyl (C=O) groups excluding carboxylic acids is 1. The molecule has 3 aliphatic rings. The van der Waals surface area contributed by atoms with Crippen molar-refractivity contribution in [2.24, 2.45) is 0 Å². The zero-order valence-electron chi connectivity index (χ0n) is 18.8. The number of aromatic nitrogens is 1. The van der Waals surface area contributed by atoms with Gasteiger partial charge in [-0.25, -0.2) is 4.68 Å². The number of pyridine rings is 1. The fourth-order valence-electron chi connectivity index (χ4n) is 5.06. The quantitative estimate of drug-likeness (QED) is 0.513. The van der Waals surface area contributed by atoms with Crippen molar-refractivity contribution in [2.45, 2.75) is 29.4 Å². The normalized spacial score (nSPS) is 18.9. The summed E-state index contributed by atoms with van der Waals surface area (Å²) in [6.07, 6.45) is -4.89. The first kappa shape index (κ1) is 23.0. The van der Waals surface area contributed by atoms with Crippen LogP contribution in [0.4, 0.5) is 13.2 Å². The minimum Gasteiger partial charge on any atom is -0.502 e. The van der Waals surface area contributed by atoms with E-state index in [0.29, 0.717) is 17.7 Å². The first-order chi connectivity index (χ1) is 17.2. The second-order valence-electron chi connectivity index (χ2n) is 8.83. The Labute approximate surface area is 207 Å². The van der Waals surface area contributed by atoms with Crippen LogP contribution in [0.3, 0.4) is 0 Å². The van der Waals surface area contributed by atoms with Gasteiger partial charge in [0, 0.05) is 28.8 Å². The van der Waals surface area contributed by atoms with E-state index < -0.39 is 35.0 Å². The Morgan fingerprint density at radius 3 is 2.72 bits per heavy atom. The van der Waals surface area contributed by atoms with E-state index in [0.717, 1.165) is 22.6 Å². The van der Waals surface area contributed by atoms with E-state index in [-0.39, 0.29) is 42.3 Å². The zero-order valence-corrected chi connectivity index (χ0v) is 19.6. The SMILES string of the molecule is O=C1c2c(O)c(=O)cc(-c3ccc(C(F)(F)F)c4c3Cc3ccccc3SC4)n2N[C@@H]2COCCN12. The molecule has 0 radical (unpaired) electrons. The van der Waals surface area contributed by atoms with Crippen molar-refractivity contribution in [1.29, 1.82) is 0 Å². The Morgan fingerprint density at radius 1 is 1.11 bits per heavy atom. The molecule has 1 fully saturated rings. The van der Waals surface area contributed by atoms with E-state index in [2.05, 4.69) is 5.43 Å². The van der Waals surface area contributed by atoms with E-state index >= 15 is 0 Å². The number of alkyl halides is 3. The molecule has 2 aromatic carbocycles. The second-order valence-corrected chi connectivity index (χ2v) is 9.85. The second kappa shape index (κ2) is 8.31. The summed E-state index contributed by atoms with van der Waals surface area (Å²) in [5.41, 5.74) is 3.41. The first-order valence-corrected chi connectivity index (χ1v) is 12.3. The summed E-state index contributed by atoms with van der Waals surface area (Å²) in [6.45, 7) is 0.781. The summed E-state index contributed by atoms with van der Waals surface area (Å²) in [7, 11) is 0. The Hall–Kier alpha value is -3.44. The van der Waals surface area contributed by atoms with Crippen molar-refractivity contribution in [1.82, 2.24) is 9.58 Å². The molecule has 6 rings (SSSR count). The van der Waals surface area contributed by atoms with Gasteiger partial charge in [-0.1, -0.05) is 24.3 Å². The Kier molecular flexibility index (Phi) is 5.31. The molecule has 36 heavy (non-hydrogen) atoms. The number of nitrogens with zero attached hydrogens (tertiary/aromatic N) is 2. The Balaban J connectivity index is 1.61. The summed E-state index contributed by atoms with van der Waals surface area (Å²) in [5, 5.41) is 10.5. The average Bonchev–Trinajstić information content (AvgIpc) is 3.05. The highest BCUT2D eigenvalue weighted by Gasteiger charge is 2.39. The van der Waals surface area contributed by atoms with Crippen LogP contribution in [-0.2, 0) is 23.1 Å². The fourth-order valence-corrected chi connectivity index (χ4v) is 6.19. The molecule has 0 unspecified atom stereocenters. The maximum absolute atomic E-state index is 14.0. The third kappa shape index (κ3) is 3.56. The first-order valence-electron chi connectivity index (χ1n) is 11.3. The van der Waals surface area contributed by atoms with Crippen molar-refractivity contribution in [2.75, 3.05) is 25.2 Å². The molecule has 0 saturated carbocycles. The minimum atomic E-state index is -4.56. The highest BCUT2D eigenvalue weighted by Crippen LogP contribution is 2.44. The van der Waals surface area contributed by atoms with Crippen LogP contribution < -0.4 is 10.9 Å². The van der Waals surface area contributed by atoms with Crippen LogP contribution in [0.2, 0.25) is 0 Å².